The Hall–Kier alpha value is -2.69. The van der Waals surface area contributed by atoms with Gasteiger partial charge in [0.15, 0.2) is 0 Å². The summed E-state index contributed by atoms with van der Waals surface area (Å²) in [6.07, 6.45) is 0.266. The molecule has 3 rings (SSSR count). The molecule has 0 saturated carbocycles. The van der Waals surface area contributed by atoms with Gasteiger partial charge >= 0.3 is 0 Å². The number of halogens is 1. The van der Waals surface area contributed by atoms with E-state index in [0.29, 0.717) is 23.0 Å². The van der Waals surface area contributed by atoms with Gasteiger partial charge in [-0.25, -0.2) is 4.39 Å². The molecule has 0 aliphatic carbocycles. The normalized spacial score (nSPS) is 10.7. The van der Waals surface area contributed by atoms with Crippen LogP contribution in [0.3, 0.4) is 0 Å². The second-order valence-electron chi connectivity index (χ2n) is 4.41. The van der Waals surface area contributed by atoms with Crippen LogP contribution >= 0.6 is 0 Å². The van der Waals surface area contributed by atoms with Crippen molar-refractivity contribution < 1.29 is 8.91 Å². The fourth-order valence-corrected chi connectivity index (χ4v) is 1.93. The molecule has 0 spiro atoms. The summed E-state index contributed by atoms with van der Waals surface area (Å²) >= 11 is 0. The van der Waals surface area contributed by atoms with E-state index in [0.717, 1.165) is 5.56 Å². The molecule has 1 aromatic heterocycles. The minimum absolute atomic E-state index is 0.266. The fraction of sp³-hybridized carbons (Fsp3) is 0.0667. The second-order valence-corrected chi connectivity index (χ2v) is 4.41. The maximum Gasteiger partial charge on any atom is 0.231 e. The van der Waals surface area contributed by atoms with Crippen LogP contribution in [-0.2, 0) is 6.42 Å². The zero-order valence-corrected chi connectivity index (χ0v) is 10.6. The molecule has 0 aliphatic rings. The van der Waals surface area contributed by atoms with E-state index in [2.05, 4.69) is 10.1 Å². The number of nitrogens with two attached hydrogens (primary N) is 1. The molecule has 20 heavy (non-hydrogen) atoms. The molecule has 2 N–H and O–H groups in total. The van der Waals surface area contributed by atoms with E-state index in [9.17, 15) is 4.39 Å². The lowest BCUT2D eigenvalue weighted by Gasteiger charge is -1.97. The lowest BCUT2D eigenvalue weighted by atomic mass is 10.1. The monoisotopic (exact) mass is 269 g/mol. The molecule has 1 heterocycles. The Balaban J connectivity index is 1.86. The van der Waals surface area contributed by atoms with E-state index in [-0.39, 0.29) is 12.2 Å². The van der Waals surface area contributed by atoms with Crippen molar-refractivity contribution in [2.75, 3.05) is 5.73 Å². The smallest absolute Gasteiger partial charge is 0.231 e. The Morgan fingerprint density at radius 3 is 2.75 bits per heavy atom. The molecule has 0 radical (unpaired) electrons. The van der Waals surface area contributed by atoms with Crippen LogP contribution in [0.4, 0.5) is 10.1 Å². The van der Waals surface area contributed by atoms with Gasteiger partial charge in [-0.3, -0.25) is 0 Å². The van der Waals surface area contributed by atoms with Crippen LogP contribution in [0.25, 0.3) is 11.4 Å². The van der Waals surface area contributed by atoms with Crippen molar-refractivity contribution in [2.24, 2.45) is 0 Å². The van der Waals surface area contributed by atoms with Gasteiger partial charge in [0.25, 0.3) is 0 Å². The topological polar surface area (TPSA) is 64.9 Å². The van der Waals surface area contributed by atoms with E-state index in [1.807, 2.05) is 12.1 Å². The first kappa shape index (κ1) is 12.3. The third-order valence-corrected chi connectivity index (χ3v) is 2.91. The van der Waals surface area contributed by atoms with Crippen molar-refractivity contribution in [3.8, 4) is 11.4 Å². The molecule has 0 aliphatic heterocycles. The summed E-state index contributed by atoms with van der Waals surface area (Å²) in [6.45, 7) is 0. The number of hydrogen-bond acceptors (Lipinski definition) is 4. The highest BCUT2D eigenvalue weighted by atomic mass is 19.1. The number of nitrogens with zero attached hydrogens (tertiary/aromatic N) is 2. The van der Waals surface area contributed by atoms with E-state index >= 15 is 0 Å². The average molecular weight is 269 g/mol. The average Bonchev–Trinajstić information content (AvgIpc) is 2.90. The molecular weight excluding hydrogens is 257 g/mol. The highest BCUT2D eigenvalue weighted by Crippen LogP contribution is 2.19. The summed E-state index contributed by atoms with van der Waals surface area (Å²) in [6, 6.07) is 13.7. The number of anilines is 1. The van der Waals surface area contributed by atoms with Gasteiger partial charge in [-0.15, -0.1) is 0 Å². The molecule has 0 saturated heterocycles. The predicted molar refractivity (Wildman–Crippen MR) is 73.4 cm³/mol. The van der Waals surface area contributed by atoms with E-state index in [1.165, 1.54) is 6.07 Å². The third-order valence-electron chi connectivity index (χ3n) is 2.91. The molecular formula is C15H12FN3O. The number of aromatic nitrogens is 2. The number of nitrogen functional groups attached to an aromatic ring is 1. The van der Waals surface area contributed by atoms with Crippen molar-refractivity contribution in [2.45, 2.75) is 6.42 Å². The van der Waals surface area contributed by atoms with Gasteiger partial charge < -0.3 is 10.3 Å². The van der Waals surface area contributed by atoms with Crippen molar-refractivity contribution >= 4 is 5.69 Å². The summed E-state index contributed by atoms with van der Waals surface area (Å²) in [5.41, 5.74) is 7.63. The van der Waals surface area contributed by atoms with Crippen LogP contribution in [0.2, 0.25) is 0 Å². The fourth-order valence-electron chi connectivity index (χ4n) is 1.93. The molecule has 0 atom stereocenters. The first-order valence-electron chi connectivity index (χ1n) is 6.14. The van der Waals surface area contributed by atoms with Crippen molar-refractivity contribution in [1.29, 1.82) is 0 Å². The highest BCUT2D eigenvalue weighted by Gasteiger charge is 2.11. The Morgan fingerprint density at radius 2 is 1.95 bits per heavy atom. The molecule has 3 aromatic rings. The Kier molecular flexibility index (Phi) is 3.16. The molecule has 0 bridgehead atoms. The lowest BCUT2D eigenvalue weighted by Crippen LogP contribution is -1.92. The van der Waals surface area contributed by atoms with Crippen molar-refractivity contribution in [3.05, 3.63) is 65.8 Å². The van der Waals surface area contributed by atoms with E-state index < -0.39 is 0 Å². The molecule has 100 valence electrons. The highest BCUT2D eigenvalue weighted by molar-refractivity contribution is 5.60. The standard InChI is InChI=1S/C15H12FN3O/c16-13-7-2-1-4-10(13)9-14-18-15(19-20-14)11-5-3-6-12(17)8-11/h1-8H,9,17H2. The van der Waals surface area contributed by atoms with Gasteiger partial charge in [-0.2, -0.15) is 4.98 Å². The van der Waals surface area contributed by atoms with Crippen molar-refractivity contribution in [1.82, 2.24) is 10.1 Å². The van der Waals surface area contributed by atoms with E-state index in [4.69, 9.17) is 10.3 Å². The summed E-state index contributed by atoms with van der Waals surface area (Å²) in [7, 11) is 0. The summed E-state index contributed by atoms with van der Waals surface area (Å²) in [5.74, 6) is 0.535. The molecule has 0 fully saturated rings. The van der Waals surface area contributed by atoms with Gasteiger partial charge in [0, 0.05) is 11.3 Å². The van der Waals surface area contributed by atoms with Crippen LogP contribution < -0.4 is 5.73 Å². The molecule has 4 nitrogen and oxygen atoms in total. The SMILES string of the molecule is Nc1cccc(-c2noc(Cc3ccccc3F)n2)c1. The maximum absolute atomic E-state index is 13.6. The lowest BCUT2D eigenvalue weighted by molar-refractivity contribution is 0.384. The maximum atomic E-state index is 13.6. The van der Waals surface area contributed by atoms with Crippen LogP contribution in [0.15, 0.2) is 53.1 Å². The summed E-state index contributed by atoms with van der Waals surface area (Å²) < 4.78 is 18.7. The van der Waals surface area contributed by atoms with Crippen LogP contribution in [0, 0.1) is 5.82 Å². The minimum Gasteiger partial charge on any atom is -0.399 e. The molecule has 0 amide bonds. The number of hydrogen-bond donors (Lipinski definition) is 1. The molecule has 2 aromatic carbocycles. The zero-order valence-electron chi connectivity index (χ0n) is 10.6. The van der Waals surface area contributed by atoms with Gasteiger partial charge in [0.05, 0.1) is 6.42 Å². The number of benzene rings is 2. The third kappa shape index (κ3) is 2.51. The second kappa shape index (κ2) is 5.13. The van der Waals surface area contributed by atoms with Crippen LogP contribution in [0.1, 0.15) is 11.5 Å². The largest absolute Gasteiger partial charge is 0.399 e. The number of rotatable bonds is 3. The Morgan fingerprint density at radius 1 is 1.10 bits per heavy atom. The Labute approximate surface area is 115 Å². The molecule has 5 heteroatoms. The minimum atomic E-state index is -0.281. The quantitative estimate of drug-likeness (QED) is 0.742. The van der Waals surface area contributed by atoms with Crippen LogP contribution in [0.5, 0.6) is 0 Å². The molecule has 0 unspecified atom stereocenters. The van der Waals surface area contributed by atoms with Gasteiger partial charge in [-0.1, -0.05) is 35.5 Å². The van der Waals surface area contributed by atoms with Crippen molar-refractivity contribution in [3.63, 3.8) is 0 Å². The van der Waals surface area contributed by atoms with Gasteiger partial charge in [-0.05, 0) is 23.8 Å². The predicted octanol–water partition coefficient (Wildman–Crippen LogP) is 3.05. The first-order valence-corrected chi connectivity index (χ1v) is 6.14. The summed E-state index contributed by atoms with van der Waals surface area (Å²) in [5, 5.41) is 3.89. The van der Waals surface area contributed by atoms with Gasteiger partial charge in [0.1, 0.15) is 5.82 Å². The Bertz CT molecular complexity index is 739. The summed E-state index contributed by atoms with van der Waals surface area (Å²) in [4.78, 5) is 4.26. The van der Waals surface area contributed by atoms with Gasteiger partial charge in [0.2, 0.25) is 11.7 Å². The van der Waals surface area contributed by atoms with E-state index in [1.54, 1.807) is 30.3 Å². The van der Waals surface area contributed by atoms with Crippen LogP contribution in [-0.4, -0.2) is 10.1 Å². The first-order chi connectivity index (χ1) is 9.72. The zero-order chi connectivity index (χ0) is 13.9.